The van der Waals surface area contributed by atoms with E-state index in [4.69, 9.17) is 0 Å². The van der Waals surface area contributed by atoms with Gasteiger partial charge in [0.15, 0.2) is 5.78 Å². The Morgan fingerprint density at radius 1 is 1.21 bits per heavy atom. The average molecular weight is 322 g/mol. The Bertz CT molecular complexity index is 598. The first-order valence-electron chi connectivity index (χ1n) is 6.17. The molecule has 1 aromatic carbocycles. The van der Waals surface area contributed by atoms with E-state index in [-0.39, 0.29) is 22.4 Å². The Morgan fingerprint density at radius 3 is 2.68 bits per heavy atom. The Balaban J connectivity index is 2.17. The van der Waals surface area contributed by atoms with Gasteiger partial charge in [-0.15, -0.1) is 0 Å². The minimum absolute atomic E-state index is 0.00549. The zero-order valence-electron chi connectivity index (χ0n) is 10.1. The number of carbonyl (C=O) groups excluding carboxylic acids is 3. The number of hydrogen-bond donors (Lipinski definition) is 1. The summed E-state index contributed by atoms with van der Waals surface area (Å²) in [7, 11) is 0. The van der Waals surface area contributed by atoms with E-state index in [9.17, 15) is 14.4 Å². The lowest BCUT2D eigenvalue weighted by Crippen LogP contribution is -2.55. The minimum atomic E-state index is -0.757. The quantitative estimate of drug-likeness (QED) is 0.584. The Kier molecular flexibility index (Phi) is 2.82. The molecule has 0 saturated carbocycles. The van der Waals surface area contributed by atoms with Crippen LogP contribution in [0.15, 0.2) is 24.3 Å². The van der Waals surface area contributed by atoms with Crippen LogP contribution >= 0.6 is 15.9 Å². The summed E-state index contributed by atoms with van der Waals surface area (Å²) in [6.45, 7) is 0. The molecule has 1 spiro atoms. The van der Waals surface area contributed by atoms with Crippen LogP contribution in [0.3, 0.4) is 0 Å². The van der Waals surface area contributed by atoms with Crippen molar-refractivity contribution in [1.82, 2.24) is 5.32 Å². The lowest BCUT2D eigenvalue weighted by Gasteiger charge is -2.41. The van der Waals surface area contributed by atoms with Gasteiger partial charge in [-0.05, 0) is 18.4 Å². The number of carbonyl (C=O) groups is 3. The second-order valence-corrected chi connectivity index (χ2v) is 6.15. The van der Waals surface area contributed by atoms with E-state index in [1.807, 2.05) is 12.1 Å². The minimum Gasteiger partial charge on any atom is -0.296 e. The molecule has 19 heavy (non-hydrogen) atoms. The van der Waals surface area contributed by atoms with Crippen molar-refractivity contribution in [1.29, 1.82) is 0 Å². The molecule has 1 aliphatic carbocycles. The molecule has 4 nitrogen and oxygen atoms in total. The lowest BCUT2D eigenvalue weighted by atomic mass is 9.65. The number of hydrogen-bond acceptors (Lipinski definition) is 3. The summed E-state index contributed by atoms with van der Waals surface area (Å²) >= 11 is 3.36. The number of piperidine rings is 1. The van der Waals surface area contributed by atoms with Crippen LogP contribution in [-0.4, -0.2) is 22.4 Å². The number of amides is 2. The van der Waals surface area contributed by atoms with Crippen LogP contribution in [0, 0.1) is 0 Å². The maximum absolute atomic E-state index is 12.3. The van der Waals surface area contributed by atoms with E-state index >= 15 is 0 Å². The fourth-order valence-corrected chi connectivity index (χ4v) is 3.79. The highest BCUT2D eigenvalue weighted by Crippen LogP contribution is 2.44. The van der Waals surface area contributed by atoms with E-state index in [0.717, 1.165) is 5.56 Å². The highest BCUT2D eigenvalue weighted by Gasteiger charge is 2.50. The fraction of sp³-hybridized carbons (Fsp3) is 0.357. The van der Waals surface area contributed by atoms with Crippen LogP contribution < -0.4 is 5.32 Å². The highest BCUT2D eigenvalue weighted by molar-refractivity contribution is 9.10. The van der Waals surface area contributed by atoms with Gasteiger partial charge in [-0.1, -0.05) is 40.2 Å². The molecular weight excluding hydrogens is 310 g/mol. The van der Waals surface area contributed by atoms with Crippen LogP contribution in [0.5, 0.6) is 0 Å². The second-order valence-electron chi connectivity index (χ2n) is 5.04. The first-order valence-corrected chi connectivity index (χ1v) is 7.08. The highest BCUT2D eigenvalue weighted by atomic mass is 79.9. The summed E-state index contributed by atoms with van der Waals surface area (Å²) in [4.78, 5) is 35.5. The Hall–Kier alpha value is -1.49. The largest absolute Gasteiger partial charge is 0.296 e. The second kappa shape index (κ2) is 4.27. The Labute approximate surface area is 118 Å². The van der Waals surface area contributed by atoms with Gasteiger partial charge in [0.05, 0.1) is 10.2 Å². The number of ketones is 1. The van der Waals surface area contributed by atoms with Crippen molar-refractivity contribution in [3.63, 3.8) is 0 Å². The number of benzene rings is 1. The van der Waals surface area contributed by atoms with Crippen LogP contribution in [0.2, 0.25) is 0 Å². The van der Waals surface area contributed by atoms with E-state index < -0.39 is 5.41 Å². The third-order valence-corrected chi connectivity index (χ3v) is 4.73. The molecule has 2 aliphatic rings. The molecule has 0 bridgehead atoms. The van der Waals surface area contributed by atoms with Gasteiger partial charge in [0.2, 0.25) is 11.8 Å². The van der Waals surface area contributed by atoms with Crippen LogP contribution in [0.4, 0.5) is 0 Å². The molecule has 1 saturated heterocycles. The zero-order valence-corrected chi connectivity index (χ0v) is 11.7. The molecule has 98 valence electrons. The van der Waals surface area contributed by atoms with Crippen molar-refractivity contribution < 1.29 is 14.4 Å². The molecule has 1 aromatic rings. The Morgan fingerprint density at radius 2 is 1.95 bits per heavy atom. The van der Waals surface area contributed by atoms with E-state index in [1.54, 1.807) is 12.1 Å². The maximum Gasteiger partial charge on any atom is 0.237 e. The fourth-order valence-electron chi connectivity index (χ4n) is 2.99. The molecule has 1 fully saturated rings. The van der Waals surface area contributed by atoms with Gasteiger partial charge in [-0.25, -0.2) is 0 Å². The van der Waals surface area contributed by atoms with Gasteiger partial charge >= 0.3 is 0 Å². The molecule has 1 aliphatic heterocycles. The monoisotopic (exact) mass is 321 g/mol. The molecule has 1 heterocycles. The van der Waals surface area contributed by atoms with E-state index in [0.29, 0.717) is 24.8 Å². The predicted octanol–water partition coefficient (Wildman–Crippen LogP) is 1.71. The topological polar surface area (TPSA) is 63.2 Å². The third kappa shape index (κ3) is 1.75. The third-order valence-electron chi connectivity index (χ3n) is 3.99. The van der Waals surface area contributed by atoms with Crippen molar-refractivity contribution in [3.05, 3.63) is 35.4 Å². The molecule has 3 rings (SSSR count). The smallest absolute Gasteiger partial charge is 0.237 e. The summed E-state index contributed by atoms with van der Waals surface area (Å²) in [5, 5.41) is 2.41. The van der Waals surface area contributed by atoms with E-state index in [1.165, 1.54) is 0 Å². The summed E-state index contributed by atoms with van der Waals surface area (Å²) in [6.07, 6.45) is 1.18. The molecule has 0 unspecified atom stereocenters. The number of halogens is 1. The predicted molar refractivity (Wildman–Crippen MR) is 72.2 cm³/mol. The van der Waals surface area contributed by atoms with Crippen LogP contribution in [0.25, 0.3) is 0 Å². The first kappa shape index (κ1) is 12.5. The number of imide groups is 1. The normalized spacial score (nSPS) is 30.2. The molecule has 0 aromatic heterocycles. The van der Waals surface area contributed by atoms with Crippen molar-refractivity contribution in [3.8, 4) is 0 Å². The van der Waals surface area contributed by atoms with Gasteiger partial charge in [0.25, 0.3) is 0 Å². The van der Waals surface area contributed by atoms with Crippen molar-refractivity contribution in [2.24, 2.45) is 0 Å². The SMILES string of the molecule is O=C1CC[C@@]2(C[C@H](Br)C(=O)c3ccccc32)C(=O)N1. The molecule has 2 atom stereocenters. The summed E-state index contributed by atoms with van der Waals surface area (Å²) in [5.74, 6) is -0.518. The zero-order chi connectivity index (χ0) is 13.6. The number of alkyl halides is 1. The summed E-state index contributed by atoms with van der Waals surface area (Å²) in [5.41, 5.74) is 0.577. The maximum atomic E-state index is 12.3. The number of Topliss-reactive ketones (excluding diaryl/α,β-unsaturated/α-hetero) is 1. The number of fused-ring (bicyclic) bond motifs is 2. The van der Waals surface area contributed by atoms with Gasteiger partial charge in [0.1, 0.15) is 0 Å². The molecular formula is C14H12BrNO3. The average Bonchev–Trinajstić information content (AvgIpc) is 2.40. The van der Waals surface area contributed by atoms with Crippen molar-refractivity contribution in [2.45, 2.75) is 29.5 Å². The number of nitrogens with one attached hydrogen (secondary N) is 1. The molecule has 5 heteroatoms. The first-order chi connectivity index (χ1) is 9.04. The summed E-state index contributed by atoms with van der Waals surface area (Å²) in [6, 6.07) is 7.19. The number of rotatable bonds is 0. The van der Waals surface area contributed by atoms with Gasteiger partial charge in [0, 0.05) is 12.0 Å². The van der Waals surface area contributed by atoms with Crippen LogP contribution in [-0.2, 0) is 15.0 Å². The molecule has 1 N–H and O–H groups in total. The van der Waals surface area contributed by atoms with Crippen molar-refractivity contribution >= 4 is 33.5 Å². The van der Waals surface area contributed by atoms with Gasteiger partial charge < -0.3 is 0 Å². The van der Waals surface area contributed by atoms with Crippen molar-refractivity contribution in [2.75, 3.05) is 0 Å². The van der Waals surface area contributed by atoms with Gasteiger partial charge in [-0.3, -0.25) is 19.7 Å². The standard InChI is InChI=1S/C14H12BrNO3/c15-10-7-14(6-5-11(17)16-13(14)19)9-4-2-1-3-8(9)12(10)18/h1-4,10H,5-7H2,(H,16,17,19)/t10-,14-/m0/s1. The molecule has 0 radical (unpaired) electrons. The van der Waals surface area contributed by atoms with E-state index in [2.05, 4.69) is 21.2 Å². The molecule has 2 amide bonds. The van der Waals surface area contributed by atoms with Gasteiger partial charge in [-0.2, -0.15) is 0 Å². The van der Waals surface area contributed by atoms with Crippen LogP contribution in [0.1, 0.15) is 35.2 Å². The lowest BCUT2D eigenvalue weighted by molar-refractivity contribution is -0.138. The summed E-state index contributed by atoms with van der Waals surface area (Å²) < 4.78 is 0.